The molecular weight excluding hydrogens is 292 g/mol. The van der Waals surface area contributed by atoms with Gasteiger partial charge >= 0.3 is 0 Å². The van der Waals surface area contributed by atoms with E-state index in [0.29, 0.717) is 11.3 Å². The Hall–Kier alpha value is -2.02. The van der Waals surface area contributed by atoms with E-state index in [0.717, 1.165) is 5.56 Å². The number of fused-ring (bicyclic) bond motifs is 3. The summed E-state index contributed by atoms with van der Waals surface area (Å²) in [5.74, 6) is -1.53. The van der Waals surface area contributed by atoms with E-state index in [-0.39, 0.29) is 11.3 Å². The van der Waals surface area contributed by atoms with Gasteiger partial charge in [0.05, 0.1) is 12.0 Å². The number of nitrogens with zero attached hydrogens (tertiary/aromatic N) is 1. The number of hydrogen-bond donors (Lipinski definition) is 1. The molecule has 2 aliphatic heterocycles. The van der Waals surface area contributed by atoms with Gasteiger partial charge in [0.15, 0.2) is 0 Å². The van der Waals surface area contributed by atoms with Gasteiger partial charge in [0.25, 0.3) is 5.91 Å². The van der Waals surface area contributed by atoms with Crippen LogP contribution in [0.5, 0.6) is 0 Å². The zero-order chi connectivity index (χ0) is 15.1. The number of thioether (sulfide) groups is 1. The second kappa shape index (κ2) is 5.07. The van der Waals surface area contributed by atoms with E-state index < -0.39 is 24.0 Å². The van der Waals surface area contributed by atoms with E-state index in [1.54, 1.807) is 12.1 Å². The van der Waals surface area contributed by atoms with Gasteiger partial charge in [-0.15, -0.1) is 11.8 Å². The van der Waals surface area contributed by atoms with Crippen LogP contribution >= 0.6 is 11.8 Å². The summed E-state index contributed by atoms with van der Waals surface area (Å²) in [5.41, 5.74) is 1.52. The highest BCUT2D eigenvalue weighted by molar-refractivity contribution is 7.99. The average molecular weight is 305 g/mol. The highest BCUT2D eigenvalue weighted by Gasteiger charge is 2.48. The Labute approximate surface area is 125 Å². The number of nitrogens with one attached hydrogen (secondary N) is 1. The molecule has 2 amide bonds. The third-order valence-electron chi connectivity index (χ3n) is 3.71. The molecule has 1 N–H and O–H groups in total. The molecule has 0 radical (unpaired) electrons. The van der Waals surface area contributed by atoms with Crippen LogP contribution in [-0.2, 0) is 9.59 Å². The molecule has 110 valence electrons. The number of benzene rings is 1. The van der Waals surface area contributed by atoms with Gasteiger partial charge in [-0.1, -0.05) is 18.2 Å². The predicted molar refractivity (Wildman–Crippen MR) is 74.2 cm³/mol. The molecule has 21 heavy (non-hydrogen) atoms. The standard InChI is InChI=1S/C14H14N2O4S/c1-7(14(19)20)15-11(17)10-6-21-13-9-5-3-2-4-8(9)12(18)16(10)13/h2-5,7,10,13H,6H2,1H3,(H,15,17)(H,19,20)/p-1/t7-,10+,13-/m1/s1. The normalized spacial score (nSPS) is 24.4. The van der Waals surface area contributed by atoms with E-state index in [2.05, 4.69) is 5.32 Å². The van der Waals surface area contributed by atoms with Crippen molar-refractivity contribution in [2.45, 2.75) is 24.4 Å². The summed E-state index contributed by atoms with van der Waals surface area (Å²) in [7, 11) is 0. The van der Waals surface area contributed by atoms with E-state index >= 15 is 0 Å². The first-order chi connectivity index (χ1) is 10.0. The van der Waals surface area contributed by atoms with Crippen molar-refractivity contribution >= 4 is 29.5 Å². The Morgan fingerprint density at radius 3 is 2.86 bits per heavy atom. The van der Waals surface area contributed by atoms with E-state index in [1.165, 1.54) is 23.6 Å². The van der Waals surface area contributed by atoms with E-state index in [1.807, 2.05) is 12.1 Å². The summed E-state index contributed by atoms with van der Waals surface area (Å²) >= 11 is 1.51. The molecule has 3 rings (SSSR count). The number of carbonyl (C=O) groups excluding carboxylic acids is 3. The Morgan fingerprint density at radius 2 is 2.14 bits per heavy atom. The maximum atomic E-state index is 12.4. The molecule has 0 saturated carbocycles. The lowest BCUT2D eigenvalue weighted by Crippen LogP contribution is -2.52. The highest BCUT2D eigenvalue weighted by atomic mass is 32.2. The third kappa shape index (κ3) is 2.17. The molecule has 1 fully saturated rings. The monoisotopic (exact) mass is 305 g/mol. The lowest BCUT2D eigenvalue weighted by Gasteiger charge is -2.24. The van der Waals surface area contributed by atoms with Gasteiger partial charge < -0.3 is 20.1 Å². The number of carboxylic acids is 1. The Morgan fingerprint density at radius 1 is 1.43 bits per heavy atom. The van der Waals surface area contributed by atoms with Crippen LogP contribution in [0.3, 0.4) is 0 Å². The van der Waals surface area contributed by atoms with Crippen LogP contribution in [0, 0.1) is 0 Å². The maximum Gasteiger partial charge on any atom is 0.256 e. The summed E-state index contributed by atoms with van der Waals surface area (Å²) in [6.45, 7) is 1.34. The van der Waals surface area contributed by atoms with Crippen LogP contribution in [0.25, 0.3) is 0 Å². The molecule has 7 heteroatoms. The van der Waals surface area contributed by atoms with Crippen molar-refractivity contribution in [3.63, 3.8) is 0 Å². The van der Waals surface area contributed by atoms with Crippen molar-refractivity contribution in [2.75, 3.05) is 5.75 Å². The van der Waals surface area contributed by atoms with Gasteiger partial charge in [0.1, 0.15) is 11.4 Å². The summed E-state index contributed by atoms with van der Waals surface area (Å²) < 4.78 is 0. The van der Waals surface area contributed by atoms with Gasteiger partial charge in [0.2, 0.25) is 5.91 Å². The molecule has 0 aliphatic carbocycles. The van der Waals surface area contributed by atoms with E-state index in [4.69, 9.17) is 0 Å². The Balaban J connectivity index is 1.82. The minimum Gasteiger partial charge on any atom is -0.548 e. The average Bonchev–Trinajstić information content (AvgIpc) is 3.00. The molecule has 0 aromatic heterocycles. The molecule has 3 atom stereocenters. The summed E-state index contributed by atoms with van der Waals surface area (Å²) in [4.78, 5) is 36.8. The lowest BCUT2D eigenvalue weighted by molar-refractivity contribution is -0.307. The van der Waals surface area contributed by atoms with Gasteiger partial charge in [-0.25, -0.2) is 0 Å². The first-order valence-corrected chi connectivity index (χ1v) is 7.60. The fraction of sp³-hybridized carbons (Fsp3) is 0.357. The number of amides is 2. The summed E-state index contributed by atoms with van der Waals surface area (Å²) in [6, 6.07) is 5.55. The van der Waals surface area contributed by atoms with Crippen LogP contribution < -0.4 is 10.4 Å². The van der Waals surface area contributed by atoms with Crippen LogP contribution in [0.1, 0.15) is 28.2 Å². The Kier molecular flexibility index (Phi) is 3.36. The zero-order valence-corrected chi connectivity index (χ0v) is 12.1. The van der Waals surface area contributed by atoms with Gasteiger partial charge in [-0.3, -0.25) is 9.59 Å². The Bertz CT molecular complexity index is 633. The topological polar surface area (TPSA) is 89.5 Å². The van der Waals surface area contributed by atoms with Gasteiger partial charge in [0, 0.05) is 11.3 Å². The largest absolute Gasteiger partial charge is 0.548 e. The molecule has 0 spiro atoms. The van der Waals surface area contributed by atoms with Gasteiger partial charge in [-0.2, -0.15) is 0 Å². The second-order valence-corrected chi connectivity index (χ2v) is 6.16. The zero-order valence-electron chi connectivity index (χ0n) is 11.2. The van der Waals surface area contributed by atoms with Crippen LogP contribution in [0.2, 0.25) is 0 Å². The molecule has 6 nitrogen and oxygen atoms in total. The molecule has 0 bridgehead atoms. The van der Waals surface area contributed by atoms with Crippen LogP contribution in [0.15, 0.2) is 24.3 Å². The van der Waals surface area contributed by atoms with Crippen molar-refractivity contribution in [2.24, 2.45) is 0 Å². The van der Waals surface area contributed by atoms with Gasteiger partial charge in [-0.05, 0) is 18.6 Å². The third-order valence-corrected chi connectivity index (χ3v) is 5.01. The van der Waals surface area contributed by atoms with Crippen molar-refractivity contribution in [3.05, 3.63) is 35.4 Å². The lowest BCUT2D eigenvalue weighted by atomic mass is 10.1. The molecular formula is C14H13N2O4S-. The maximum absolute atomic E-state index is 12.4. The summed E-state index contributed by atoms with van der Waals surface area (Å²) in [6.07, 6.45) is 0. The van der Waals surface area contributed by atoms with Crippen molar-refractivity contribution < 1.29 is 19.5 Å². The first-order valence-electron chi connectivity index (χ1n) is 6.55. The number of carboxylic acid groups (broad SMARTS) is 1. The molecule has 2 aliphatic rings. The number of aliphatic carboxylic acids is 1. The second-order valence-electron chi connectivity index (χ2n) is 5.05. The molecule has 1 aromatic carbocycles. The number of hydrogen-bond acceptors (Lipinski definition) is 5. The summed E-state index contributed by atoms with van der Waals surface area (Å²) in [5, 5.41) is 12.9. The van der Waals surface area contributed by atoms with E-state index in [9.17, 15) is 19.5 Å². The van der Waals surface area contributed by atoms with Crippen molar-refractivity contribution in [1.82, 2.24) is 10.2 Å². The fourth-order valence-electron chi connectivity index (χ4n) is 2.61. The molecule has 0 unspecified atom stereocenters. The SMILES string of the molecule is C[C@@H](NC(=O)[C@@H]1CS[C@@H]2c3ccccc3C(=O)N21)C(=O)[O-]. The smallest absolute Gasteiger partial charge is 0.256 e. The van der Waals surface area contributed by atoms with Crippen LogP contribution in [0.4, 0.5) is 0 Å². The molecule has 2 heterocycles. The molecule has 1 aromatic rings. The van der Waals surface area contributed by atoms with Crippen molar-refractivity contribution in [3.8, 4) is 0 Å². The quantitative estimate of drug-likeness (QED) is 0.814. The van der Waals surface area contributed by atoms with Crippen LogP contribution in [-0.4, -0.2) is 40.5 Å². The highest BCUT2D eigenvalue weighted by Crippen LogP contribution is 2.47. The minimum atomic E-state index is -1.35. The molecule has 1 saturated heterocycles. The number of rotatable bonds is 3. The predicted octanol–water partition coefficient (Wildman–Crippen LogP) is -0.489. The fourth-order valence-corrected chi connectivity index (χ4v) is 4.08. The first kappa shape index (κ1) is 13.9. The van der Waals surface area contributed by atoms with Crippen molar-refractivity contribution in [1.29, 1.82) is 0 Å². The minimum absolute atomic E-state index is 0.164. The number of carbonyl (C=O) groups is 3.